The maximum atomic E-state index is 12.8. The van der Waals surface area contributed by atoms with Crippen LogP contribution in [0.1, 0.15) is 27.2 Å². The van der Waals surface area contributed by atoms with Crippen LogP contribution in [0.15, 0.2) is 52.6 Å². The van der Waals surface area contributed by atoms with Gasteiger partial charge in [0.1, 0.15) is 11.5 Å². The Morgan fingerprint density at radius 1 is 1.23 bits per heavy atom. The Morgan fingerprint density at radius 3 is 2.63 bits per heavy atom. The fraction of sp³-hybridized carbons (Fsp3) is 0.0952. The molecule has 0 unspecified atom stereocenters. The van der Waals surface area contributed by atoms with Crippen LogP contribution < -0.4 is 10.9 Å². The topological polar surface area (TPSA) is 116 Å². The molecule has 9 heteroatoms. The molecule has 0 saturated heterocycles. The first-order valence-corrected chi connectivity index (χ1v) is 9.87. The first-order valence-electron chi connectivity index (χ1n) is 8.99. The smallest absolute Gasteiger partial charge is 0.256 e. The zero-order valence-corrected chi connectivity index (χ0v) is 16.9. The van der Waals surface area contributed by atoms with Crippen molar-refractivity contribution in [3.63, 3.8) is 0 Å². The van der Waals surface area contributed by atoms with Crippen LogP contribution in [-0.4, -0.2) is 25.7 Å². The number of benzene rings is 1. The predicted molar refractivity (Wildman–Crippen MR) is 114 cm³/mol. The van der Waals surface area contributed by atoms with E-state index in [1.807, 2.05) is 23.6 Å². The van der Waals surface area contributed by atoms with Crippen LogP contribution in [0.2, 0.25) is 0 Å². The molecule has 8 nitrogen and oxygen atoms in total. The fourth-order valence-corrected chi connectivity index (χ4v) is 3.47. The molecule has 0 spiro atoms. The summed E-state index contributed by atoms with van der Waals surface area (Å²) in [6.45, 7) is 3.44. The van der Waals surface area contributed by atoms with Crippen LogP contribution in [0.25, 0.3) is 16.5 Å². The number of nitrogens with zero attached hydrogens (tertiary/aromatic N) is 4. The second-order valence-electron chi connectivity index (χ2n) is 6.55. The molecule has 0 radical (unpaired) electrons. The average molecular weight is 416 g/mol. The Hall–Kier alpha value is -4.03. The van der Waals surface area contributed by atoms with Gasteiger partial charge in [0.05, 0.1) is 16.5 Å². The summed E-state index contributed by atoms with van der Waals surface area (Å²) in [7, 11) is 0. The molecule has 0 aliphatic heterocycles. The van der Waals surface area contributed by atoms with Crippen LogP contribution in [0.4, 0.5) is 5.82 Å². The quantitative estimate of drug-likeness (QED) is 0.529. The van der Waals surface area contributed by atoms with Crippen molar-refractivity contribution >= 4 is 23.1 Å². The number of hydrogen-bond donors (Lipinski definition) is 2. The van der Waals surface area contributed by atoms with E-state index in [4.69, 9.17) is 5.26 Å². The molecule has 30 heavy (non-hydrogen) atoms. The molecule has 0 aliphatic carbocycles. The van der Waals surface area contributed by atoms with Crippen LogP contribution in [0, 0.1) is 25.2 Å². The summed E-state index contributed by atoms with van der Waals surface area (Å²) in [6.07, 6.45) is 0. The summed E-state index contributed by atoms with van der Waals surface area (Å²) in [4.78, 5) is 33.0. The van der Waals surface area contributed by atoms with E-state index in [2.05, 4.69) is 20.4 Å². The van der Waals surface area contributed by atoms with Gasteiger partial charge in [-0.05, 0) is 49.6 Å². The van der Waals surface area contributed by atoms with E-state index in [9.17, 15) is 9.59 Å². The predicted octanol–water partition coefficient (Wildman–Crippen LogP) is 3.42. The maximum absolute atomic E-state index is 12.8. The highest BCUT2D eigenvalue weighted by Gasteiger charge is 2.17. The largest absolute Gasteiger partial charge is 0.306 e. The van der Waals surface area contributed by atoms with Gasteiger partial charge in [-0.25, -0.2) is 4.98 Å². The monoisotopic (exact) mass is 416 g/mol. The van der Waals surface area contributed by atoms with Gasteiger partial charge < -0.3 is 5.32 Å². The number of anilines is 1. The second-order valence-corrected chi connectivity index (χ2v) is 7.49. The molecular formula is C21H16N6O2S. The average Bonchev–Trinajstić information content (AvgIpc) is 3.41. The van der Waals surface area contributed by atoms with Gasteiger partial charge in [-0.15, -0.1) is 11.3 Å². The van der Waals surface area contributed by atoms with E-state index >= 15 is 0 Å². The number of H-pyrrole nitrogens is 1. The zero-order chi connectivity index (χ0) is 21.3. The molecule has 0 atom stereocenters. The third-order valence-electron chi connectivity index (χ3n) is 4.58. The molecule has 3 heterocycles. The Morgan fingerprint density at radius 2 is 2.00 bits per heavy atom. The molecule has 3 aromatic heterocycles. The van der Waals surface area contributed by atoms with Gasteiger partial charge in [0.2, 0.25) is 5.95 Å². The molecule has 0 aliphatic rings. The molecule has 4 aromatic rings. The van der Waals surface area contributed by atoms with Gasteiger partial charge in [-0.3, -0.25) is 14.6 Å². The summed E-state index contributed by atoms with van der Waals surface area (Å²) >= 11 is 1.51. The molecule has 2 N–H and O–H groups in total. The van der Waals surface area contributed by atoms with Crippen LogP contribution >= 0.6 is 11.3 Å². The number of hydrogen-bond acceptors (Lipinski definition) is 6. The number of nitriles is 1. The van der Waals surface area contributed by atoms with Gasteiger partial charge in [-0.1, -0.05) is 6.07 Å². The van der Waals surface area contributed by atoms with Crippen LogP contribution in [0.3, 0.4) is 0 Å². The normalized spacial score (nSPS) is 10.6. The molecule has 0 fully saturated rings. The molecule has 1 aromatic carbocycles. The standard InChI is InChI=1S/C21H16N6O2S/c1-12-13(2)23-21(25-19(12)28)27-18(10-16(26-27)17-4-3-9-30-17)24-20(29)15-7-5-14(11-22)6-8-15/h3-10H,1-2H3,(H,24,29)(H,23,25,28). The summed E-state index contributed by atoms with van der Waals surface area (Å²) in [5, 5.41) is 18.2. The van der Waals surface area contributed by atoms with Crippen molar-refractivity contribution in [3.05, 3.63) is 80.6 Å². The number of aromatic amines is 1. The summed E-state index contributed by atoms with van der Waals surface area (Å²) < 4.78 is 1.41. The number of carbonyl (C=O) groups excluding carboxylic acids is 1. The number of thiophene rings is 1. The minimum absolute atomic E-state index is 0.209. The van der Waals surface area contributed by atoms with E-state index < -0.39 is 0 Å². The minimum atomic E-state index is -0.371. The van der Waals surface area contributed by atoms with Crippen molar-refractivity contribution in [2.24, 2.45) is 0 Å². The van der Waals surface area contributed by atoms with Crippen molar-refractivity contribution in [1.82, 2.24) is 19.7 Å². The lowest BCUT2D eigenvalue weighted by molar-refractivity contribution is 0.102. The highest BCUT2D eigenvalue weighted by molar-refractivity contribution is 7.13. The van der Waals surface area contributed by atoms with E-state index in [0.717, 1.165) is 4.88 Å². The molecular weight excluding hydrogens is 400 g/mol. The second kappa shape index (κ2) is 7.77. The van der Waals surface area contributed by atoms with E-state index in [1.54, 1.807) is 44.2 Å². The van der Waals surface area contributed by atoms with E-state index in [0.29, 0.717) is 33.9 Å². The zero-order valence-electron chi connectivity index (χ0n) is 16.1. The van der Waals surface area contributed by atoms with Gasteiger partial charge >= 0.3 is 0 Å². The lowest BCUT2D eigenvalue weighted by Crippen LogP contribution is -2.20. The van der Waals surface area contributed by atoms with Crippen molar-refractivity contribution < 1.29 is 4.79 Å². The summed E-state index contributed by atoms with van der Waals surface area (Å²) in [5.41, 5.74) is 2.32. The van der Waals surface area contributed by atoms with Gasteiger partial charge in [-0.2, -0.15) is 15.0 Å². The Balaban J connectivity index is 1.77. The summed E-state index contributed by atoms with van der Waals surface area (Å²) in [5.74, 6) is 0.199. The van der Waals surface area contributed by atoms with Crippen molar-refractivity contribution in [1.29, 1.82) is 5.26 Å². The van der Waals surface area contributed by atoms with E-state index in [1.165, 1.54) is 16.0 Å². The minimum Gasteiger partial charge on any atom is -0.306 e. The Kier molecular flexibility index (Phi) is 5.00. The number of carbonyl (C=O) groups is 1. The fourth-order valence-electron chi connectivity index (χ4n) is 2.79. The lowest BCUT2D eigenvalue weighted by atomic mass is 10.1. The van der Waals surface area contributed by atoms with E-state index in [-0.39, 0.29) is 17.4 Å². The van der Waals surface area contributed by atoms with Gasteiger partial charge in [0.15, 0.2) is 0 Å². The molecule has 4 rings (SSSR count). The van der Waals surface area contributed by atoms with Gasteiger partial charge in [0, 0.05) is 22.9 Å². The van der Waals surface area contributed by atoms with Crippen LogP contribution in [0.5, 0.6) is 0 Å². The van der Waals surface area contributed by atoms with Crippen molar-refractivity contribution in [2.45, 2.75) is 13.8 Å². The molecule has 0 saturated carbocycles. The maximum Gasteiger partial charge on any atom is 0.256 e. The third kappa shape index (κ3) is 3.64. The Bertz CT molecular complexity index is 1330. The Labute approximate surface area is 175 Å². The highest BCUT2D eigenvalue weighted by atomic mass is 32.1. The number of aryl methyl sites for hydroxylation is 1. The highest BCUT2D eigenvalue weighted by Crippen LogP contribution is 2.27. The first-order chi connectivity index (χ1) is 14.5. The number of nitrogens with one attached hydrogen (secondary N) is 2. The molecule has 1 amide bonds. The van der Waals surface area contributed by atoms with Gasteiger partial charge in [0.25, 0.3) is 11.5 Å². The van der Waals surface area contributed by atoms with Crippen molar-refractivity contribution in [2.75, 3.05) is 5.32 Å². The number of aromatic nitrogens is 4. The first kappa shape index (κ1) is 19.3. The molecule has 148 valence electrons. The number of amides is 1. The summed E-state index contributed by atoms with van der Waals surface area (Å²) in [6, 6.07) is 13.9. The number of rotatable bonds is 4. The lowest BCUT2D eigenvalue weighted by Gasteiger charge is -2.09. The third-order valence-corrected chi connectivity index (χ3v) is 5.48. The SMILES string of the molecule is Cc1nc(-n2nc(-c3cccs3)cc2NC(=O)c2ccc(C#N)cc2)[nH]c(=O)c1C. The van der Waals surface area contributed by atoms with Crippen LogP contribution in [-0.2, 0) is 0 Å². The molecule has 0 bridgehead atoms. The van der Waals surface area contributed by atoms with Crippen molar-refractivity contribution in [3.8, 4) is 22.6 Å².